The van der Waals surface area contributed by atoms with Gasteiger partial charge in [-0.2, -0.15) is 13.5 Å². The van der Waals surface area contributed by atoms with E-state index in [0.29, 0.717) is 10.7 Å². The predicted octanol–water partition coefficient (Wildman–Crippen LogP) is 3.86. The van der Waals surface area contributed by atoms with Gasteiger partial charge in [-0.3, -0.25) is 4.79 Å². The number of amidine groups is 1. The summed E-state index contributed by atoms with van der Waals surface area (Å²) >= 11 is 4.54. The summed E-state index contributed by atoms with van der Waals surface area (Å²) in [5.41, 5.74) is 1.35. The van der Waals surface area contributed by atoms with Crippen LogP contribution in [0.3, 0.4) is 0 Å². The fourth-order valence-corrected chi connectivity index (χ4v) is 4.44. The van der Waals surface area contributed by atoms with Crippen LogP contribution in [-0.2, 0) is 14.9 Å². The fraction of sp³-hybridized carbons (Fsp3) is 0.211. The smallest absolute Gasteiger partial charge is 0.339 e. The molecule has 0 radical (unpaired) electrons. The normalized spacial score (nSPS) is 17.7. The van der Waals surface area contributed by atoms with E-state index in [0.717, 1.165) is 10.0 Å². The largest absolute Gasteiger partial charge is 0.378 e. The number of carbonyl (C=O) groups is 1. The van der Waals surface area contributed by atoms with Crippen molar-refractivity contribution < 1.29 is 17.4 Å². The molecular formula is C19H18BrN3O4S2. The van der Waals surface area contributed by atoms with Crippen LogP contribution in [0.5, 0.6) is 5.75 Å². The molecule has 0 aromatic heterocycles. The molecule has 29 heavy (non-hydrogen) atoms. The zero-order chi connectivity index (χ0) is 21.2. The summed E-state index contributed by atoms with van der Waals surface area (Å²) in [6, 6.07) is 11.2. The Bertz CT molecular complexity index is 1110. The van der Waals surface area contributed by atoms with Crippen LogP contribution in [0.2, 0.25) is 0 Å². The van der Waals surface area contributed by atoms with E-state index in [4.69, 9.17) is 4.18 Å². The second kappa shape index (κ2) is 8.29. The lowest BCUT2D eigenvalue weighted by molar-refractivity contribution is -0.120. The highest BCUT2D eigenvalue weighted by Gasteiger charge is 2.38. The number of hydrogen-bond acceptors (Lipinski definition) is 7. The second-order valence-corrected chi connectivity index (χ2v) is 10.8. The highest BCUT2D eigenvalue weighted by atomic mass is 79.9. The monoisotopic (exact) mass is 495 g/mol. The number of rotatable bonds is 5. The van der Waals surface area contributed by atoms with Crippen LogP contribution in [0.1, 0.15) is 25.0 Å². The number of thioether (sulfide) groups is 1. The maximum atomic E-state index is 12.6. The standard InChI is InChI=1S/C19H18BrN3O4S2/c1-12-4-9-16(27-29(25,26)15-7-5-14(20)6-8-15)13(10-12)11-21-23-18-22-17(24)19(2,3)28-18/h4-11H,1-3H3,(H,22,23,24)/b21-11-. The van der Waals surface area contributed by atoms with Crippen LogP contribution < -0.4 is 9.50 Å². The summed E-state index contributed by atoms with van der Waals surface area (Å²) in [6.07, 6.45) is 1.39. The number of carbonyl (C=O) groups excluding carboxylic acids is 1. The fourth-order valence-electron chi connectivity index (χ4n) is 2.36. The Labute approximate surface area is 181 Å². The maximum absolute atomic E-state index is 12.6. The zero-order valence-corrected chi connectivity index (χ0v) is 19.1. The Balaban J connectivity index is 1.85. The minimum atomic E-state index is -4.01. The summed E-state index contributed by atoms with van der Waals surface area (Å²) in [5.74, 6) is -0.0115. The molecule has 0 bridgehead atoms. The van der Waals surface area contributed by atoms with Gasteiger partial charge in [0.15, 0.2) is 10.9 Å². The third-order valence-corrected chi connectivity index (χ3v) is 6.78. The minimum absolute atomic E-state index is 0.0386. The molecule has 7 nitrogen and oxygen atoms in total. The molecule has 0 atom stereocenters. The Morgan fingerprint density at radius 2 is 1.86 bits per heavy atom. The molecule has 0 aliphatic carbocycles. The first-order chi connectivity index (χ1) is 13.6. The van der Waals surface area contributed by atoms with E-state index < -0.39 is 14.9 Å². The number of nitrogens with zero attached hydrogens (tertiary/aromatic N) is 2. The molecule has 0 spiro atoms. The van der Waals surface area contributed by atoms with Crippen molar-refractivity contribution >= 4 is 55.1 Å². The SMILES string of the molecule is Cc1ccc(OS(=O)(=O)c2ccc(Br)cc2)c(/C=N\N=C2\NC(=O)C(C)(C)S2)c1. The molecule has 0 unspecified atom stereocenters. The van der Waals surface area contributed by atoms with Gasteiger partial charge < -0.3 is 9.50 Å². The third kappa shape index (κ3) is 5.26. The minimum Gasteiger partial charge on any atom is -0.378 e. The van der Waals surface area contributed by atoms with Gasteiger partial charge in [-0.1, -0.05) is 39.3 Å². The van der Waals surface area contributed by atoms with Gasteiger partial charge in [0.1, 0.15) is 4.90 Å². The Morgan fingerprint density at radius 3 is 2.48 bits per heavy atom. The van der Waals surface area contributed by atoms with Gasteiger partial charge in [0.2, 0.25) is 5.91 Å². The summed E-state index contributed by atoms with van der Waals surface area (Å²) in [5, 5.41) is 11.0. The molecule has 1 saturated heterocycles. The van der Waals surface area contributed by atoms with Crippen LogP contribution in [0.25, 0.3) is 0 Å². The third-order valence-electron chi connectivity index (χ3n) is 3.93. The van der Waals surface area contributed by atoms with Crippen LogP contribution >= 0.6 is 27.7 Å². The molecule has 1 heterocycles. The Morgan fingerprint density at radius 1 is 1.17 bits per heavy atom. The Kier molecular flexibility index (Phi) is 6.16. The van der Waals surface area contributed by atoms with Crippen LogP contribution in [-0.4, -0.2) is 30.5 Å². The lowest BCUT2D eigenvalue weighted by atomic mass is 10.1. The lowest BCUT2D eigenvalue weighted by Gasteiger charge is -2.10. The predicted molar refractivity (Wildman–Crippen MR) is 118 cm³/mol. The van der Waals surface area contributed by atoms with E-state index in [1.165, 1.54) is 30.1 Å². The van der Waals surface area contributed by atoms with Crippen LogP contribution in [0.4, 0.5) is 0 Å². The Hall–Kier alpha value is -2.17. The highest BCUT2D eigenvalue weighted by molar-refractivity contribution is 9.10. The van der Waals surface area contributed by atoms with E-state index in [-0.39, 0.29) is 16.6 Å². The highest BCUT2D eigenvalue weighted by Crippen LogP contribution is 2.30. The van der Waals surface area contributed by atoms with Crippen LogP contribution in [0.15, 0.2) is 62.0 Å². The van der Waals surface area contributed by atoms with Gasteiger partial charge >= 0.3 is 10.1 Å². The lowest BCUT2D eigenvalue weighted by Crippen LogP contribution is -2.30. The molecule has 1 N–H and O–H groups in total. The van der Waals surface area contributed by atoms with Gasteiger partial charge in [0.25, 0.3) is 0 Å². The number of halogens is 1. The summed E-state index contributed by atoms with van der Waals surface area (Å²) in [6.45, 7) is 5.45. The molecule has 1 aliphatic rings. The van der Waals surface area contributed by atoms with E-state index in [1.54, 1.807) is 44.2 Å². The molecule has 152 valence electrons. The quantitative estimate of drug-likeness (QED) is 0.385. The van der Waals surface area contributed by atoms with E-state index in [1.807, 2.05) is 6.92 Å². The number of nitrogens with one attached hydrogen (secondary N) is 1. The topological polar surface area (TPSA) is 97.2 Å². The number of benzene rings is 2. The average molecular weight is 496 g/mol. The first-order valence-corrected chi connectivity index (χ1v) is 11.5. The molecule has 2 aromatic carbocycles. The second-order valence-electron chi connectivity index (χ2n) is 6.75. The molecule has 3 rings (SSSR count). The van der Waals surface area contributed by atoms with Crippen molar-refractivity contribution in [1.82, 2.24) is 5.32 Å². The molecule has 0 saturated carbocycles. The van der Waals surface area contributed by atoms with Gasteiger partial charge in [0, 0.05) is 10.0 Å². The van der Waals surface area contributed by atoms with Gasteiger partial charge in [0.05, 0.1) is 11.0 Å². The van der Waals surface area contributed by atoms with Gasteiger partial charge in [-0.25, -0.2) is 0 Å². The van der Waals surface area contributed by atoms with E-state index in [2.05, 4.69) is 31.4 Å². The molecule has 1 aliphatic heterocycles. The van der Waals surface area contributed by atoms with Crippen molar-refractivity contribution in [3.63, 3.8) is 0 Å². The molecule has 1 fully saturated rings. The van der Waals surface area contributed by atoms with Crippen molar-refractivity contribution in [2.45, 2.75) is 30.4 Å². The first kappa shape index (κ1) is 21.5. The van der Waals surface area contributed by atoms with Crippen molar-refractivity contribution in [2.75, 3.05) is 0 Å². The van der Waals surface area contributed by atoms with Crippen molar-refractivity contribution in [3.05, 3.63) is 58.1 Å². The molecule has 1 amide bonds. The van der Waals surface area contributed by atoms with Crippen molar-refractivity contribution in [3.8, 4) is 5.75 Å². The van der Waals surface area contributed by atoms with E-state index in [9.17, 15) is 13.2 Å². The summed E-state index contributed by atoms with van der Waals surface area (Å²) in [7, 11) is -4.01. The summed E-state index contributed by atoms with van der Waals surface area (Å²) < 4.78 is 30.6. The number of amides is 1. The van der Waals surface area contributed by atoms with Crippen molar-refractivity contribution in [2.24, 2.45) is 10.2 Å². The average Bonchev–Trinajstić information content (AvgIpc) is 2.89. The summed E-state index contributed by atoms with van der Waals surface area (Å²) in [4.78, 5) is 11.8. The van der Waals surface area contributed by atoms with Gasteiger partial charge in [-0.15, -0.1) is 5.10 Å². The van der Waals surface area contributed by atoms with Crippen LogP contribution in [0, 0.1) is 6.92 Å². The number of aryl methyl sites for hydroxylation is 1. The molecule has 10 heteroatoms. The zero-order valence-electron chi connectivity index (χ0n) is 15.8. The molecular weight excluding hydrogens is 478 g/mol. The number of hydrogen-bond donors (Lipinski definition) is 1. The first-order valence-electron chi connectivity index (χ1n) is 8.49. The van der Waals surface area contributed by atoms with Gasteiger partial charge in [-0.05, 0) is 57.2 Å². The van der Waals surface area contributed by atoms with E-state index >= 15 is 0 Å². The molecule has 2 aromatic rings. The maximum Gasteiger partial charge on any atom is 0.339 e. The van der Waals surface area contributed by atoms with Crippen molar-refractivity contribution in [1.29, 1.82) is 0 Å².